The van der Waals surface area contributed by atoms with Gasteiger partial charge in [-0.25, -0.2) is 20.0 Å². The molecule has 202 valence electrons. The first-order valence-corrected chi connectivity index (χ1v) is 16.2. The molecule has 3 aromatic rings. The van der Waals surface area contributed by atoms with Gasteiger partial charge in [0.15, 0.2) is 11.6 Å². The van der Waals surface area contributed by atoms with Crippen LogP contribution in [0.1, 0.15) is 31.6 Å². The lowest BCUT2D eigenvalue weighted by Crippen LogP contribution is -2.31. The summed E-state index contributed by atoms with van der Waals surface area (Å²) in [5, 5.41) is 9.61. The molecule has 0 radical (unpaired) electrons. The second-order valence-electron chi connectivity index (χ2n) is 10.1. The van der Waals surface area contributed by atoms with Gasteiger partial charge < -0.3 is 14.2 Å². The molecule has 3 atom stereocenters. The second-order valence-corrected chi connectivity index (χ2v) is 16.1. The third kappa shape index (κ3) is 6.50. The zero-order valence-corrected chi connectivity index (χ0v) is 24.4. The number of methoxy groups -OCH3 is 2. The molecule has 0 amide bonds. The number of hydrogen-bond acceptors (Lipinski definition) is 9. The molecule has 0 N–H and O–H groups in total. The molecule has 0 bridgehead atoms. The molecule has 3 heterocycles. The Morgan fingerprint density at radius 3 is 2.54 bits per heavy atom. The van der Waals surface area contributed by atoms with Crippen LogP contribution in [0.15, 0.2) is 36.7 Å². The van der Waals surface area contributed by atoms with E-state index in [1.807, 2.05) is 24.3 Å². The van der Waals surface area contributed by atoms with Crippen molar-refractivity contribution in [3.63, 3.8) is 0 Å². The molecule has 0 aliphatic carbocycles. The Kier molecular flexibility index (Phi) is 8.86. The van der Waals surface area contributed by atoms with Gasteiger partial charge in [-0.2, -0.15) is 0 Å². The number of aromatic nitrogens is 5. The summed E-state index contributed by atoms with van der Waals surface area (Å²) in [5.41, 5.74) is 0.944. The van der Waals surface area contributed by atoms with Crippen molar-refractivity contribution in [2.45, 2.75) is 31.1 Å². The Labute approximate surface area is 225 Å². The average molecular weight is 547 g/mol. The lowest BCUT2D eigenvalue weighted by Gasteiger charge is -2.33. The van der Waals surface area contributed by atoms with Gasteiger partial charge in [0, 0.05) is 24.8 Å². The van der Waals surface area contributed by atoms with Crippen LogP contribution in [0, 0.1) is 0 Å². The Hall–Kier alpha value is -2.50. The summed E-state index contributed by atoms with van der Waals surface area (Å²) < 4.78 is 21.5. The Balaban J connectivity index is 1.69. The van der Waals surface area contributed by atoms with Crippen molar-refractivity contribution < 1.29 is 14.2 Å². The molecular weight excluding hydrogens is 508 g/mol. The molecule has 11 heteroatoms. The minimum Gasteiger partial charge on any atom is -0.494 e. The molecule has 2 aromatic heterocycles. The maximum Gasteiger partial charge on any atom is 0.238 e. The van der Waals surface area contributed by atoms with Crippen LogP contribution in [-0.4, -0.2) is 88.5 Å². The predicted octanol–water partition coefficient (Wildman–Crippen LogP) is 4.66. The van der Waals surface area contributed by atoms with Gasteiger partial charge >= 0.3 is 0 Å². The molecule has 1 aliphatic rings. The smallest absolute Gasteiger partial charge is 0.238 e. The van der Waals surface area contributed by atoms with Gasteiger partial charge in [-0.15, -0.1) is 10.2 Å². The first-order valence-electron chi connectivity index (χ1n) is 12.3. The third-order valence-corrected chi connectivity index (χ3v) is 9.13. The third-order valence-electron chi connectivity index (χ3n) is 6.38. The first kappa shape index (κ1) is 27.5. The van der Waals surface area contributed by atoms with E-state index in [9.17, 15) is 0 Å². The van der Waals surface area contributed by atoms with Crippen molar-refractivity contribution in [3.05, 3.63) is 42.5 Å². The van der Waals surface area contributed by atoms with Crippen molar-refractivity contribution in [1.82, 2.24) is 24.7 Å². The van der Waals surface area contributed by atoms with Gasteiger partial charge in [0.2, 0.25) is 5.95 Å². The van der Waals surface area contributed by atoms with E-state index in [1.54, 1.807) is 38.6 Å². The summed E-state index contributed by atoms with van der Waals surface area (Å²) in [6, 6.07) is 7.95. The highest BCUT2D eigenvalue weighted by molar-refractivity contribution is 8.32. The van der Waals surface area contributed by atoms with Crippen molar-refractivity contribution >= 4 is 27.9 Å². The van der Waals surface area contributed by atoms with Crippen LogP contribution in [0.25, 0.3) is 11.4 Å². The minimum atomic E-state index is -0.727. The maximum atomic E-state index is 6.18. The number of fused-ring (bicyclic) bond motifs is 3. The number of para-hydroxylation sites is 1. The van der Waals surface area contributed by atoms with E-state index in [-0.39, 0.29) is 17.2 Å². The lowest BCUT2D eigenvalue weighted by atomic mass is 10.1. The fourth-order valence-electron chi connectivity index (χ4n) is 4.05. The number of rotatable bonds is 11. The molecule has 1 aliphatic heterocycles. The zero-order valence-electron chi connectivity index (χ0n) is 22.7. The van der Waals surface area contributed by atoms with Crippen LogP contribution in [0.4, 0.5) is 5.95 Å². The highest BCUT2D eigenvalue weighted by Crippen LogP contribution is 2.41. The van der Waals surface area contributed by atoms with Crippen LogP contribution in [-0.2, 0) is 4.74 Å². The van der Waals surface area contributed by atoms with E-state index in [0.29, 0.717) is 19.0 Å². The Bertz CT molecular complexity index is 1170. The van der Waals surface area contributed by atoms with Crippen LogP contribution in [0.3, 0.4) is 0 Å². The van der Waals surface area contributed by atoms with Gasteiger partial charge in [0.05, 0.1) is 37.7 Å². The molecule has 0 spiro atoms. The van der Waals surface area contributed by atoms with Crippen LogP contribution in [0.5, 0.6) is 11.5 Å². The van der Waals surface area contributed by atoms with Crippen LogP contribution < -0.4 is 13.8 Å². The summed E-state index contributed by atoms with van der Waals surface area (Å²) in [7, 11) is 2.61. The Morgan fingerprint density at radius 1 is 1.14 bits per heavy atom. The lowest BCUT2D eigenvalue weighted by molar-refractivity contribution is 0.126. The largest absolute Gasteiger partial charge is 0.494 e. The number of ether oxygens (including phenoxy) is 3. The normalized spacial score (nSPS) is 17.1. The quantitative estimate of drug-likeness (QED) is 0.319. The summed E-state index contributed by atoms with van der Waals surface area (Å²) in [5.74, 6) is 5.08. The van der Waals surface area contributed by atoms with Crippen molar-refractivity contribution in [2.24, 2.45) is 0 Å². The number of nitrogens with zero attached hydrogens (tertiary/aromatic N) is 6. The van der Waals surface area contributed by atoms with E-state index in [2.05, 4.69) is 56.6 Å². The summed E-state index contributed by atoms with van der Waals surface area (Å²) >= 11 is 1.77. The molecule has 0 fully saturated rings. The van der Waals surface area contributed by atoms with E-state index in [0.717, 1.165) is 41.2 Å². The molecule has 0 saturated carbocycles. The van der Waals surface area contributed by atoms with Crippen LogP contribution >= 0.6 is 22.0 Å². The minimum absolute atomic E-state index is 0.0554. The molecule has 4 rings (SSSR count). The van der Waals surface area contributed by atoms with E-state index >= 15 is 0 Å². The second kappa shape index (κ2) is 11.9. The molecule has 0 saturated heterocycles. The summed E-state index contributed by atoms with van der Waals surface area (Å²) in [4.78, 5) is 9.08. The van der Waals surface area contributed by atoms with Gasteiger partial charge in [-0.3, -0.25) is 8.87 Å². The van der Waals surface area contributed by atoms with E-state index in [1.165, 1.54) is 0 Å². The molecule has 1 aromatic carbocycles. The highest BCUT2D eigenvalue weighted by Gasteiger charge is 2.32. The van der Waals surface area contributed by atoms with Crippen molar-refractivity contribution in [3.8, 4) is 22.9 Å². The van der Waals surface area contributed by atoms with Gasteiger partial charge in [-0.1, -0.05) is 26.0 Å². The molecule has 3 unspecified atom stereocenters. The molecule has 37 heavy (non-hydrogen) atoms. The maximum absolute atomic E-state index is 6.18. The Morgan fingerprint density at radius 2 is 1.86 bits per heavy atom. The van der Waals surface area contributed by atoms with Gasteiger partial charge in [0.25, 0.3) is 0 Å². The molecular formula is C26H38N6O3S2. The fraction of sp³-hybridized carbons (Fsp3) is 0.538. The number of anilines is 1. The number of benzene rings is 1. The monoisotopic (exact) mass is 546 g/mol. The summed E-state index contributed by atoms with van der Waals surface area (Å²) in [6.45, 7) is 6.21. The van der Waals surface area contributed by atoms with Crippen molar-refractivity contribution in [2.75, 3.05) is 62.8 Å². The first-order chi connectivity index (χ1) is 17.7. The zero-order chi connectivity index (χ0) is 26.6. The van der Waals surface area contributed by atoms with Crippen LogP contribution in [0.2, 0.25) is 0 Å². The predicted molar refractivity (Wildman–Crippen MR) is 153 cm³/mol. The standard InChI is InChI=1S/C26H38N6O3S2/c1-18(24-27-14-21(34-4)15-28-24)19(2)36-31(12-13-37(5,6)7)26-30-29-25-22-10-8-9-11-23(22)35-17-20(16-33-3)32(25)26/h8-11,14-15,18-20H,12-13,16-17H2,1-7H3. The fourth-order valence-corrected chi connectivity index (χ4v) is 6.02. The topological polar surface area (TPSA) is 87.4 Å². The van der Waals surface area contributed by atoms with E-state index < -0.39 is 10.0 Å². The van der Waals surface area contributed by atoms with Gasteiger partial charge in [-0.05, 0) is 48.6 Å². The number of hydrogen-bond donors (Lipinski definition) is 0. The highest BCUT2D eigenvalue weighted by atomic mass is 32.3. The average Bonchev–Trinajstić information content (AvgIpc) is 3.26. The van der Waals surface area contributed by atoms with E-state index in [4.69, 9.17) is 19.3 Å². The molecule has 9 nitrogen and oxygen atoms in total. The van der Waals surface area contributed by atoms with Crippen molar-refractivity contribution in [1.29, 1.82) is 0 Å². The van der Waals surface area contributed by atoms with Gasteiger partial charge in [0.1, 0.15) is 18.2 Å². The SMILES string of the molecule is COCC1COc2ccccc2-c2nnc(N(CCS(C)(C)C)SC(C)C(C)c3ncc(OC)cn3)n21. The summed E-state index contributed by atoms with van der Waals surface area (Å²) in [6.07, 6.45) is 10.5.